The number of nitrogens with two attached hydrogens (primary N) is 1. The molecule has 0 aliphatic heterocycles. The predicted molar refractivity (Wildman–Crippen MR) is 65.4 cm³/mol. The summed E-state index contributed by atoms with van der Waals surface area (Å²) in [6.07, 6.45) is 1.81. The molecular formula is C12H20N2. The zero-order valence-corrected chi connectivity index (χ0v) is 9.46. The Morgan fingerprint density at radius 3 is 2.14 bits per heavy atom. The van der Waals surface area contributed by atoms with Crippen LogP contribution in [0.15, 0.2) is 30.5 Å². The number of nitrogens with one attached hydrogen (secondary N) is 1. The largest absolute Gasteiger partial charge is 0.397 e. The zero-order valence-electron chi connectivity index (χ0n) is 9.46. The fourth-order valence-corrected chi connectivity index (χ4v) is 1.09. The Morgan fingerprint density at radius 1 is 1.00 bits per heavy atom. The number of aromatic amines is 1. The van der Waals surface area contributed by atoms with Gasteiger partial charge < -0.3 is 10.7 Å². The van der Waals surface area contributed by atoms with Crippen LogP contribution in [0.25, 0.3) is 10.9 Å². The molecule has 1 aromatic heterocycles. The van der Waals surface area contributed by atoms with Gasteiger partial charge in [0, 0.05) is 17.1 Å². The van der Waals surface area contributed by atoms with Gasteiger partial charge in [0.15, 0.2) is 0 Å². The molecule has 3 N–H and O–H groups in total. The van der Waals surface area contributed by atoms with Crippen LogP contribution in [-0.2, 0) is 0 Å². The normalized spacial score (nSPS) is 8.29. The van der Waals surface area contributed by atoms with Crippen LogP contribution >= 0.6 is 0 Å². The second-order valence-corrected chi connectivity index (χ2v) is 2.29. The second-order valence-electron chi connectivity index (χ2n) is 2.29. The average Bonchev–Trinajstić information content (AvgIpc) is 2.67. The molecule has 14 heavy (non-hydrogen) atoms. The van der Waals surface area contributed by atoms with Crippen molar-refractivity contribution in [2.45, 2.75) is 27.7 Å². The molecule has 2 aromatic rings. The first-order valence-electron chi connectivity index (χ1n) is 5.19. The second kappa shape index (κ2) is 7.01. The van der Waals surface area contributed by atoms with E-state index in [0.29, 0.717) is 0 Å². The van der Waals surface area contributed by atoms with Gasteiger partial charge in [-0.2, -0.15) is 0 Å². The lowest BCUT2D eigenvalue weighted by Crippen LogP contribution is -1.78. The number of aromatic nitrogens is 1. The summed E-state index contributed by atoms with van der Waals surface area (Å²) in [7, 11) is 0. The summed E-state index contributed by atoms with van der Waals surface area (Å²) in [5.41, 5.74) is 7.56. The maximum Gasteiger partial charge on any atom is 0.0571 e. The van der Waals surface area contributed by atoms with Gasteiger partial charge in [0.05, 0.1) is 5.69 Å². The van der Waals surface area contributed by atoms with Gasteiger partial charge in [0.2, 0.25) is 0 Å². The summed E-state index contributed by atoms with van der Waals surface area (Å²) in [6.45, 7) is 8.00. The van der Waals surface area contributed by atoms with Crippen molar-refractivity contribution in [2.75, 3.05) is 5.73 Å². The molecule has 0 atom stereocenters. The van der Waals surface area contributed by atoms with Gasteiger partial charge in [-0.05, 0) is 6.07 Å². The van der Waals surface area contributed by atoms with Crippen molar-refractivity contribution in [2.24, 2.45) is 0 Å². The van der Waals surface area contributed by atoms with E-state index in [4.69, 9.17) is 5.73 Å². The van der Waals surface area contributed by atoms with Crippen LogP contribution in [0.2, 0.25) is 0 Å². The van der Waals surface area contributed by atoms with Crippen molar-refractivity contribution < 1.29 is 0 Å². The number of hydrogen-bond acceptors (Lipinski definition) is 1. The van der Waals surface area contributed by atoms with Gasteiger partial charge in [-0.25, -0.2) is 0 Å². The first-order chi connectivity index (χ1) is 6.88. The smallest absolute Gasteiger partial charge is 0.0571 e. The lowest BCUT2D eigenvalue weighted by atomic mass is 10.2. The molecule has 0 saturated carbocycles. The predicted octanol–water partition coefficient (Wildman–Crippen LogP) is 3.80. The van der Waals surface area contributed by atoms with Gasteiger partial charge in [0.1, 0.15) is 0 Å². The Bertz CT molecular complexity index is 350. The number of para-hydroxylation sites is 1. The van der Waals surface area contributed by atoms with E-state index in [2.05, 4.69) is 4.98 Å². The summed E-state index contributed by atoms with van der Waals surface area (Å²) in [6, 6.07) is 7.97. The number of H-pyrrole nitrogens is 1. The Balaban J connectivity index is 0.000000379. The van der Waals surface area contributed by atoms with Crippen molar-refractivity contribution in [1.82, 2.24) is 4.98 Å². The molecule has 0 fully saturated rings. The quantitative estimate of drug-likeness (QED) is 0.655. The van der Waals surface area contributed by atoms with E-state index in [1.54, 1.807) is 0 Å². The highest BCUT2D eigenvalue weighted by atomic mass is 14.7. The van der Waals surface area contributed by atoms with Crippen LogP contribution in [0.3, 0.4) is 0 Å². The first-order valence-corrected chi connectivity index (χ1v) is 5.19. The third kappa shape index (κ3) is 2.80. The van der Waals surface area contributed by atoms with Crippen molar-refractivity contribution in [1.29, 1.82) is 0 Å². The van der Waals surface area contributed by atoms with E-state index in [1.807, 2.05) is 58.2 Å². The third-order valence-electron chi connectivity index (χ3n) is 1.62. The van der Waals surface area contributed by atoms with E-state index in [0.717, 1.165) is 16.6 Å². The number of fused-ring (bicyclic) bond motifs is 1. The lowest BCUT2D eigenvalue weighted by molar-refractivity contribution is 1.48. The fourth-order valence-electron chi connectivity index (χ4n) is 1.09. The van der Waals surface area contributed by atoms with Gasteiger partial charge in [-0.3, -0.25) is 0 Å². The summed E-state index contributed by atoms with van der Waals surface area (Å²) in [5.74, 6) is 0. The maximum atomic E-state index is 5.64. The molecule has 0 bridgehead atoms. The molecule has 2 heteroatoms. The topological polar surface area (TPSA) is 41.8 Å². The molecule has 0 spiro atoms. The van der Waals surface area contributed by atoms with Crippen LogP contribution in [0.4, 0.5) is 5.69 Å². The standard InChI is InChI=1S/C8H8N2.2C2H6/c9-7-5-10-8-4-2-1-3-6(7)8;2*1-2/h1-5,10H,9H2;2*1-2H3. The molecule has 0 amide bonds. The molecule has 1 aromatic carbocycles. The van der Waals surface area contributed by atoms with Gasteiger partial charge in [-0.15, -0.1) is 0 Å². The number of hydrogen-bond donors (Lipinski definition) is 2. The van der Waals surface area contributed by atoms with E-state index >= 15 is 0 Å². The molecule has 1 heterocycles. The minimum Gasteiger partial charge on any atom is -0.397 e. The summed E-state index contributed by atoms with van der Waals surface area (Å²) in [4.78, 5) is 3.06. The van der Waals surface area contributed by atoms with Gasteiger partial charge >= 0.3 is 0 Å². The molecule has 0 aliphatic rings. The Labute approximate surface area is 86.1 Å². The van der Waals surface area contributed by atoms with E-state index in [-0.39, 0.29) is 0 Å². The molecule has 0 saturated heterocycles. The van der Waals surface area contributed by atoms with Crippen LogP contribution in [0.1, 0.15) is 27.7 Å². The molecule has 0 aliphatic carbocycles. The Hall–Kier alpha value is -1.44. The molecule has 0 unspecified atom stereocenters. The molecular weight excluding hydrogens is 172 g/mol. The number of anilines is 1. The van der Waals surface area contributed by atoms with Crippen molar-refractivity contribution in [3.63, 3.8) is 0 Å². The maximum absolute atomic E-state index is 5.64. The monoisotopic (exact) mass is 192 g/mol. The lowest BCUT2D eigenvalue weighted by Gasteiger charge is -1.87. The van der Waals surface area contributed by atoms with Crippen molar-refractivity contribution in [3.8, 4) is 0 Å². The van der Waals surface area contributed by atoms with Crippen molar-refractivity contribution in [3.05, 3.63) is 30.5 Å². The van der Waals surface area contributed by atoms with Gasteiger partial charge in [-0.1, -0.05) is 45.9 Å². The van der Waals surface area contributed by atoms with Crippen LogP contribution in [-0.4, -0.2) is 4.98 Å². The molecule has 0 radical (unpaired) electrons. The summed E-state index contributed by atoms with van der Waals surface area (Å²) >= 11 is 0. The molecule has 2 rings (SSSR count). The number of benzene rings is 1. The molecule has 78 valence electrons. The Morgan fingerprint density at radius 2 is 1.57 bits per heavy atom. The van der Waals surface area contributed by atoms with Crippen molar-refractivity contribution >= 4 is 16.6 Å². The Kier molecular flexibility index (Phi) is 6.29. The van der Waals surface area contributed by atoms with E-state index in [1.165, 1.54) is 0 Å². The van der Waals surface area contributed by atoms with Crippen LogP contribution in [0, 0.1) is 0 Å². The zero-order chi connectivity index (χ0) is 11.0. The van der Waals surface area contributed by atoms with Crippen LogP contribution in [0.5, 0.6) is 0 Å². The fraction of sp³-hybridized carbons (Fsp3) is 0.333. The van der Waals surface area contributed by atoms with Gasteiger partial charge in [0.25, 0.3) is 0 Å². The molecule has 2 nitrogen and oxygen atoms in total. The van der Waals surface area contributed by atoms with E-state index < -0.39 is 0 Å². The highest BCUT2D eigenvalue weighted by molar-refractivity contribution is 5.90. The third-order valence-corrected chi connectivity index (χ3v) is 1.62. The summed E-state index contributed by atoms with van der Waals surface area (Å²) in [5, 5.41) is 1.10. The SMILES string of the molecule is CC.CC.Nc1c[nH]c2ccccc12. The number of nitrogen functional groups attached to an aromatic ring is 1. The number of rotatable bonds is 0. The van der Waals surface area contributed by atoms with E-state index in [9.17, 15) is 0 Å². The first kappa shape index (κ1) is 12.6. The van der Waals surface area contributed by atoms with Crippen LogP contribution < -0.4 is 5.73 Å². The minimum atomic E-state index is 0.815. The highest BCUT2D eigenvalue weighted by Gasteiger charge is 1.95. The summed E-state index contributed by atoms with van der Waals surface area (Å²) < 4.78 is 0. The highest BCUT2D eigenvalue weighted by Crippen LogP contribution is 2.18. The minimum absolute atomic E-state index is 0.815. The average molecular weight is 192 g/mol.